The Balaban J connectivity index is 2.21. The maximum atomic E-state index is 11.5. The first-order valence-corrected chi connectivity index (χ1v) is 7.61. The number of nitrogens with zero attached hydrogens (tertiary/aromatic N) is 2. The monoisotopic (exact) mass is 268 g/mol. The predicted molar refractivity (Wildman–Crippen MR) is 69.7 cm³/mol. The van der Waals surface area contributed by atoms with Crippen LogP contribution in [0, 0.1) is 0 Å². The van der Waals surface area contributed by atoms with Gasteiger partial charge in [0.25, 0.3) is 0 Å². The van der Waals surface area contributed by atoms with Crippen LogP contribution in [0.1, 0.15) is 23.7 Å². The van der Waals surface area contributed by atoms with Gasteiger partial charge in [0.1, 0.15) is 5.82 Å². The van der Waals surface area contributed by atoms with Crippen molar-refractivity contribution in [2.24, 2.45) is 0 Å². The minimum atomic E-state index is -2.91. The molecule has 1 aromatic rings. The second-order valence-corrected chi connectivity index (χ2v) is 6.86. The van der Waals surface area contributed by atoms with Crippen molar-refractivity contribution in [3.63, 3.8) is 0 Å². The second kappa shape index (κ2) is 4.68. The number of hydrogen-bond donors (Lipinski definition) is 0. The molecule has 1 fully saturated rings. The summed E-state index contributed by atoms with van der Waals surface area (Å²) in [5.41, 5.74) is 0.590. The van der Waals surface area contributed by atoms with Gasteiger partial charge in [0.15, 0.2) is 15.6 Å². The summed E-state index contributed by atoms with van der Waals surface area (Å²) in [5, 5.41) is 0. The Bertz CT molecular complexity index is 568. The summed E-state index contributed by atoms with van der Waals surface area (Å²) in [4.78, 5) is 17.3. The molecule has 1 aromatic heterocycles. The molecule has 5 nitrogen and oxygen atoms in total. The zero-order valence-corrected chi connectivity index (χ0v) is 11.3. The van der Waals surface area contributed by atoms with Crippen LogP contribution in [0.4, 0.5) is 5.82 Å². The van der Waals surface area contributed by atoms with Gasteiger partial charge >= 0.3 is 0 Å². The van der Waals surface area contributed by atoms with Gasteiger partial charge < -0.3 is 4.90 Å². The molecule has 1 saturated heterocycles. The first kappa shape index (κ1) is 13.0. The minimum absolute atomic E-state index is 0.0221. The Morgan fingerprint density at radius 1 is 1.50 bits per heavy atom. The molecule has 98 valence electrons. The van der Waals surface area contributed by atoms with E-state index in [1.165, 1.54) is 6.92 Å². The Morgan fingerprint density at radius 3 is 2.78 bits per heavy atom. The van der Waals surface area contributed by atoms with Crippen molar-refractivity contribution >= 4 is 21.4 Å². The van der Waals surface area contributed by atoms with Gasteiger partial charge in [-0.15, -0.1) is 0 Å². The zero-order valence-electron chi connectivity index (χ0n) is 10.5. The zero-order chi connectivity index (χ0) is 13.3. The molecular weight excluding hydrogens is 252 g/mol. The van der Waals surface area contributed by atoms with E-state index >= 15 is 0 Å². The molecule has 18 heavy (non-hydrogen) atoms. The first-order chi connectivity index (χ1) is 8.39. The summed E-state index contributed by atoms with van der Waals surface area (Å²) >= 11 is 0. The summed E-state index contributed by atoms with van der Waals surface area (Å²) in [6.45, 7) is 1.50. The van der Waals surface area contributed by atoms with Crippen molar-refractivity contribution in [1.82, 2.24) is 4.98 Å². The molecule has 6 heteroatoms. The fraction of sp³-hybridized carbons (Fsp3) is 0.500. The minimum Gasteiger partial charge on any atom is -0.356 e. The summed E-state index contributed by atoms with van der Waals surface area (Å²) in [6, 6.07) is 3.31. The van der Waals surface area contributed by atoms with Crippen LogP contribution in [-0.2, 0) is 9.84 Å². The highest BCUT2D eigenvalue weighted by Gasteiger charge is 2.31. The summed E-state index contributed by atoms with van der Waals surface area (Å²) < 4.78 is 22.9. The second-order valence-electron chi connectivity index (χ2n) is 4.63. The van der Waals surface area contributed by atoms with E-state index in [9.17, 15) is 13.2 Å². The first-order valence-electron chi connectivity index (χ1n) is 5.79. The number of Topliss-reactive ketones (excluding diaryl/α,β-unsaturated/α-hetero) is 1. The molecule has 0 spiro atoms. The molecule has 0 amide bonds. The topological polar surface area (TPSA) is 67.3 Å². The molecule has 0 aromatic carbocycles. The molecule has 2 rings (SSSR count). The Morgan fingerprint density at radius 2 is 2.22 bits per heavy atom. The Kier molecular flexibility index (Phi) is 3.38. The van der Waals surface area contributed by atoms with Gasteiger partial charge in [0.05, 0.1) is 11.5 Å². The fourth-order valence-corrected chi connectivity index (χ4v) is 3.87. The van der Waals surface area contributed by atoms with E-state index in [4.69, 9.17) is 0 Å². The number of hydrogen-bond acceptors (Lipinski definition) is 5. The van der Waals surface area contributed by atoms with Crippen molar-refractivity contribution in [3.05, 3.63) is 23.9 Å². The average Bonchev–Trinajstić information content (AvgIpc) is 2.69. The lowest BCUT2D eigenvalue weighted by Gasteiger charge is -2.24. The quantitative estimate of drug-likeness (QED) is 0.762. The third-order valence-electron chi connectivity index (χ3n) is 3.27. The van der Waals surface area contributed by atoms with Gasteiger partial charge in [-0.1, -0.05) is 0 Å². The maximum Gasteiger partial charge on any atom is 0.159 e. The van der Waals surface area contributed by atoms with Crippen LogP contribution in [0.5, 0.6) is 0 Å². The van der Waals surface area contributed by atoms with E-state index in [2.05, 4.69) is 4.98 Å². The van der Waals surface area contributed by atoms with Crippen molar-refractivity contribution in [2.75, 3.05) is 23.5 Å². The third-order valence-corrected chi connectivity index (χ3v) is 5.02. The number of anilines is 1. The van der Waals surface area contributed by atoms with Gasteiger partial charge in [-0.3, -0.25) is 4.79 Å². The summed E-state index contributed by atoms with van der Waals surface area (Å²) in [6.07, 6.45) is 2.19. The van der Waals surface area contributed by atoms with Gasteiger partial charge in [-0.25, -0.2) is 13.4 Å². The number of carbonyl (C=O) groups excluding carboxylic acids is 1. The molecule has 2 heterocycles. The maximum absolute atomic E-state index is 11.5. The van der Waals surface area contributed by atoms with E-state index in [0.717, 1.165) is 0 Å². The number of pyridine rings is 1. The standard InChI is InChI=1S/C12H16N2O3S/c1-9(15)10-3-5-13-12(7-10)14(2)11-4-6-18(16,17)8-11/h3,5,7,11H,4,6,8H2,1-2H3. The third kappa shape index (κ3) is 2.69. The largest absolute Gasteiger partial charge is 0.356 e. The molecule has 1 aliphatic heterocycles. The molecule has 0 radical (unpaired) electrons. The lowest BCUT2D eigenvalue weighted by Crippen LogP contribution is -2.33. The SMILES string of the molecule is CC(=O)c1ccnc(N(C)C2CCS(=O)(=O)C2)c1. The van der Waals surface area contributed by atoms with E-state index < -0.39 is 9.84 Å². The van der Waals surface area contributed by atoms with Crippen LogP contribution in [0.15, 0.2) is 18.3 Å². The van der Waals surface area contributed by atoms with Crippen LogP contribution in [0.25, 0.3) is 0 Å². The van der Waals surface area contributed by atoms with Crippen molar-refractivity contribution in [2.45, 2.75) is 19.4 Å². The van der Waals surface area contributed by atoms with Crippen molar-refractivity contribution in [3.8, 4) is 0 Å². The summed E-state index contributed by atoms with van der Waals surface area (Å²) in [5.74, 6) is 1.01. The van der Waals surface area contributed by atoms with Crippen LogP contribution >= 0.6 is 0 Å². The molecule has 0 aliphatic carbocycles. The van der Waals surface area contributed by atoms with Crippen LogP contribution in [0.2, 0.25) is 0 Å². The van der Waals surface area contributed by atoms with Crippen molar-refractivity contribution in [1.29, 1.82) is 0 Å². The molecule has 0 bridgehead atoms. The normalized spacial score (nSPS) is 21.8. The molecule has 0 saturated carbocycles. The molecular formula is C12H16N2O3S. The number of rotatable bonds is 3. The molecule has 1 aliphatic rings. The van der Waals surface area contributed by atoms with Gasteiger partial charge in [-0.2, -0.15) is 0 Å². The number of aromatic nitrogens is 1. The highest BCUT2D eigenvalue weighted by Crippen LogP contribution is 2.21. The van der Waals surface area contributed by atoms with Gasteiger partial charge in [-0.05, 0) is 25.5 Å². The van der Waals surface area contributed by atoms with Crippen molar-refractivity contribution < 1.29 is 13.2 Å². The van der Waals surface area contributed by atoms with Crippen LogP contribution < -0.4 is 4.90 Å². The number of carbonyl (C=O) groups is 1. The lowest BCUT2D eigenvalue weighted by atomic mass is 10.1. The van der Waals surface area contributed by atoms with Gasteiger partial charge in [0, 0.05) is 24.8 Å². The Hall–Kier alpha value is -1.43. The van der Waals surface area contributed by atoms with Gasteiger partial charge in [0.2, 0.25) is 0 Å². The van der Waals surface area contributed by atoms with E-state index in [1.807, 2.05) is 11.9 Å². The predicted octanol–water partition coefficient (Wildman–Crippen LogP) is 0.907. The molecule has 0 N–H and O–H groups in total. The molecule has 1 unspecified atom stereocenters. The van der Waals surface area contributed by atoms with E-state index in [0.29, 0.717) is 17.8 Å². The van der Waals surface area contributed by atoms with E-state index in [-0.39, 0.29) is 23.3 Å². The smallest absolute Gasteiger partial charge is 0.159 e. The van der Waals surface area contributed by atoms with Crippen LogP contribution in [0.3, 0.4) is 0 Å². The van der Waals surface area contributed by atoms with Crippen LogP contribution in [-0.4, -0.2) is 43.8 Å². The van der Waals surface area contributed by atoms with E-state index in [1.54, 1.807) is 18.3 Å². The lowest BCUT2D eigenvalue weighted by molar-refractivity contribution is 0.101. The average molecular weight is 268 g/mol. The molecule has 1 atom stereocenters. The Labute approximate surface area is 107 Å². The highest BCUT2D eigenvalue weighted by atomic mass is 32.2. The fourth-order valence-electron chi connectivity index (χ4n) is 2.10. The number of ketones is 1. The highest BCUT2D eigenvalue weighted by molar-refractivity contribution is 7.91. The summed E-state index contributed by atoms with van der Waals surface area (Å²) in [7, 11) is -1.09. The number of sulfone groups is 1.